The Balaban J connectivity index is 1.99. The number of nitro groups is 1. The largest absolute Gasteiger partial charge is 0.390 e. The number of rotatable bonds is 6. The Labute approximate surface area is 127 Å². The minimum absolute atomic E-state index is 0.0709. The fourth-order valence-electron chi connectivity index (χ4n) is 2.02. The zero-order valence-corrected chi connectivity index (χ0v) is 12.7. The van der Waals surface area contributed by atoms with Crippen molar-refractivity contribution in [3.05, 3.63) is 39.8 Å². The number of hydrogen-bond donors (Lipinski definition) is 1. The van der Waals surface area contributed by atoms with Gasteiger partial charge < -0.3 is 15.4 Å². The molecule has 0 radical (unpaired) electrons. The second-order valence-corrected chi connectivity index (χ2v) is 4.94. The Bertz CT molecular complexity index is 690. The summed E-state index contributed by atoms with van der Waals surface area (Å²) in [7, 11) is 0. The van der Waals surface area contributed by atoms with Crippen molar-refractivity contribution < 1.29 is 9.72 Å². The summed E-state index contributed by atoms with van der Waals surface area (Å²) < 4.78 is 3.09. The Kier molecular flexibility index (Phi) is 4.54. The average Bonchev–Trinajstić information content (AvgIpc) is 3.06. The van der Waals surface area contributed by atoms with Crippen LogP contribution in [-0.4, -0.2) is 30.4 Å². The van der Waals surface area contributed by atoms with Gasteiger partial charge in [0, 0.05) is 12.7 Å². The molecule has 118 valence electrons. The molecular weight excluding hydrogens is 288 g/mol. The normalized spacial score (nSPS) is 12.1. The van der Waals surface area contributed by atoms with Crippen molar-refractivity contribution >= 4 is 11.7 Å². The minimum atomic E-state index is -0.582. The first kappa shape index (κ1) is 15.7. The monoisotopic (exact) mass is 306 g/mol. The topological polar surface area (TPSA) is 108 Å². The third kappa shape index (κ3) is 3.48. The highest BCUT2D eigenvalue weighted by molar-refractivity contribution is 5.76. The molecule has 0 bridgehead atoms. The molecule has 0 aliphatic carbocycles. The second-order valence-electron chi connectivity index (χ2n) is 4.94. The van der Waals surface area contributed by atoms with Crippen LogP contribution in [0.25, 0.3) is 0 Å². The van der Waals surface area contributed by atoms with Crippen LogP contribution in [-0.2, 0) is 17.9 Å². The van der Waals surface area contributed by atoms with Crippen LogP contribution >= 0.6 is 0 Å². The van der Waals surface area contributed by atoms with E-state index in [2.05, 4.69) is 15.5 Å². The third-order valence-electron chi connectivity index (χ3n) is 3.26. The number of aryl methyl sites for hydroxylation is 2. The van der Waals surface area contributed by atoms with Crippen molar-refractivity contribution in [3.8, 4) is 0 Å². The summed E-state index contributed by atoms with van der Waals surface area (Å²) in [6.45, 7) is 6.17. The maximum Gasteiger partial charge on any atom is 0.390 e. The van der Waals surface area contributed by atoms with Crippen LogP contribution < -0.4 is 5.32 Å². The lowest BCUT2D eigenvalue weighted by Gasteiger charge is -2.11. The number of nitrogens with one attached hydrogen (secondary N) is 1. The number of amides is 1. The van der Waals surface area contributed by atoms with Crippen molar-refractivity contribution in [1.82, 2.24) is 24.9 Å². The quantitative estimate of drug-likeness (QED) is 0.637. The summed E-state index contributed by atoms with van der Waals surface area (Å²) in [4.78, 5) is 22.1. The van der Waals surface area contributed by atoms with Crippen molar-refractivity contribution in [2.45, 2.75) is 39.9 Å². The molecule has 9 nitrogen and oxygen atoms in total. The predicted octanol–water partition coefficient (Wildman–Crippen LogP) is 1.19. The fraction of sp³-hybridized carbons (Fsp3) is 0.462. The number of carbonyl (C=O) groups is 1. The molecule has 22 heavy (non-hydrogen) atoms. The van der Waals surface area contributed by atoms with Gasteiger partial charge in [-0.15, -0.1) is 0 Å². The molecule has 0 aliphatic heterocycles. The number of nitrogens with zero attached hydrogens (tertiary/aromatic N) is 5. The molecule has 1 amide bonds. The summed E-state index contributed by atoms with van der Waals surface area (Å²) in [5.74, 6) is -0.542. The highest BCUT2D eigenvalue weighted by atomic mass is 16.6. The first-order valence-electron chi connectivity index (χ1n) is 6.92. The Morgan fingerprint density at radius 2 is 2.23 bits per heavy atom. The first-order chi connectivity index (χ1) is 10.4. The van der Waals surface area contributed by atoms with Gasteiger partial charge >= 0.3 is 5.82 Å². The molecule has 0 aliphatic rings. The van der Waals surface area contributed by atoms with E-state index in [0.717, 1.165) is 12.2 Å². The molecule has 9 heteroatoms. The summed E-state index contributed by atoms with van der Waals surface area (Å²) >= 11 is 0. The van der Waals surface area contributed by atoms with E-state index in [-0.39, 0.29) is 24.3 Å². The Morgan fingerprint density at radius 1 is 1.50 bits per heavy atom. The molecule has 0 spiro atoms. The molecule has 1 N–H and O–H groups in total. The fourth-order valence-corrected chi connectivity index (χ4v) is 2.02. The van der Waals surface area contributed by atoms with Crippen molar-refractivity contribution in [2.24, 2.45) is 0 Å². The van der Waals surface area contributed by atoms with Crippen molar-refractivity contribution in [2.75, 3.05) is 0 Å². The molecule has 0 aromatic carbocycles. The summed E-state index contributed by atoms with van der Waals surface area (Å²) in [6.07, 6.45) is 1.85. The lowest BCUT2D eigenvalue weighted by molar-refractivity contribution is -0.389. The lowest BCUT2D eigenvalue weighted by Crippen LogP contribution is -2.31. The van der Waals surface area contributed by atoms with Gasteiger partial charge in [-0.3, -0.25) is 9.48 Å². The number of carbonyl (C=O) groups excluding carboxylic acids is 1. The van der Waals surface area contributed by atoms with Crippen LogP contribution in [0.1, 0.15) is 31.3 Å². The predicted molar refractivity (Wildman–Crippen MR) is 78.1 cm³/mol. The van der Waals surface area contributed by atoms with E-state index in [1.807, 2.05) is 26.1 Å². The second kappa shape index (κ2) is 6.37. The molecular formula is C13H18N6O3. The van der Waals surface area contributed by atoms with Crippen LogP contribution in [0.3, 0.4) is 0 Å². The van der Waals surface area contributed by atoms with Crippen LogP contribution in [0.5, 0.6) is 0 Å². The van der Waals surface area contributed by atoms with Gasteiger partial charge in [0.05, 0.1) is 28.6 Å². The van der Waals surface area contributed by atoms with E-state index < -0.39 is 4.92 Å². The number of hydrogen-bond acceptors (Lipinski definition) is 5. The van der Waals surface area contributed by atoms with Gasteiger partial charge in [-0.2, -0.15) is 9.78 Å². The Hall–Kier alpha value is -2.71. The Morgan fingerprint density at radius 3 is 2.77 bits per heavy atom. The van der Waals surface area contributed by atoms with Crippen LogP contribution in [0, 0.1) is 17.0 Å². The highest BCUT2D eigenvalue weighted by Crippen LogP contribution is 2.12. The maximum absolute atomic E-state index is 12.0. The summed E-state index contributed by atoms with van der Waals surface area (Å²) in [5, 5.41) is 21.6. The van der Waals surface area contributed by atoms with Crippen LogP contribution in [0.15, 0.2) is 18.3 Å². The van der Waals surface area contributed by atoms with Gasteiger partial charge in [0.15, 0.2) is 0 Å². The standard InChI is InChI=1S/C13H18N6O3/c1-4-17-6-5-11(15-17)10(3)14-13(20)8-18-9(2)7-12(16-18)19(21)22/h5-7,10H,4,8H2,1-3H3,(H,14,20). The average molecular weight is 306 g/mol. The molecule has 1 unspecified atom stereocenters. The van der Waals surface area contributed by atoms with E-state index in [1.54, 1.807) is 11.6 Å². The lowest BCUT2D eigenvalue weighted by atomic mass is 10.2. The van der Waals surface area contributed by atoms with Gasteiger partial charge in [0.1, 0.15) is 6.54 Å². The van der Waals surface area contributed by atoms with Crippen LogP contribution in [0.4, 0.5) is 5.82 Å². The van der Waals surface area contributed by atoms with Crippen molar-refractivity contribution in [3.63, 3.8) is 0 Å². The van der Waals surface area contributed by atoms with Gasteiger partial charge in [0.25, 0.3) is 0 Å². The van der Waals surface area contributed by atoms with E-state index in [0.29, 0.717) is 5.69 Å². The summed E-state index contributed by atoms with van der Waals surface area (Å²) in [6, 6.07) is 2.93. The van der Waals surface area contributed by atoms with Crippen molar-refractivity contribution in [1.29, 1.82) is 0 Å². The minimum Gasteiger partial charge on any atom is -0.358 e. The molecule has 1 atom stereocenters. The highest BCUT2D eigenvalue weighted by Gasteiger charge is 2.19. The molecule has 2 heterocycles. The van der Waals surface area contributed by atoms with E-state index in [9.17, 15) is 14.9 Å². The third-order valence-corrected chi connectivity index (χ3v) is 3.26. The molecule has 2 aromatic rings. The van der Waals surface area contributed by atoms with E-state index in [1.165, 1.54) is 10.7 Å². The van der Waals surface area contributed by atoms with Crippen LogP contribution in [0.2, 0.25) is 0 Å². The molecule has 0 fully saturated rings. The number of aromatic nitrogens is 4. The SMILES string of the molecule is CCn1ccc(C(C)NC(=O)Cn2nc([N+](=O)[O-])cc2C)n1. The van der Waals surface area contributed by atoms with E-state index in [4.69, 9.17) is 0 Å². The molecule has 2 rings (SSSR count). The smallest absolute Gasteiger partial charge is 0.358 e. The molecule has 2 aromatic heterocycles. The summed E-state index contributed by atoms with van der Waals surface area (Å²) in [5.41, 5.74) is 1.32. The van der Waals surface area contributed by atoms with Gasteiger partial charge in [-0.05, 0) is 31.8 Å². The first-order valence-corrected chi connectivity index (χ1v) is 6.92. The van der Waals surface area contributed by atoms with E-state index >= 15 is 0 Å². The maximum atomic E-state index is 12.0. The molecule has 0 saturated heterocycles. The zero-order chi connectivity index (χ0) is 16.3. The van der Waals surface area contributed by atoms with Gasteiger partial charge in [-0.25, -0.2) is 0 Å². The zero-order valence-electron chi connectivity index (χ0n) is 12.7. The van der Waals surface area contributed by atoms with Gasteiger partial charge in [0.2, 0.25) is 5.91 Å². The van der Waals surface area contributed by atoms with Gasteiger partial charge in [-0.1, -0.05) is 0 Å². The molecule has 0 saturated carbocycles.